The average Bonchev–Trinajstić information content (AvgIpc) is 3.04. The molecule has 0 unspecified atom stereocenters. The number of carbonyl (C=O) groups is 1. The van der Waals surface area contributed by atoms with E-state index in [4.69, 9.17) is 25.8 Å². The Labute approximate surface area is 190 Å². The maximum absolute atomic E-state index is 12.5. The number of benzene rings is 2. The van der Waals surface area contributed by atoms with Crippen LogP contribution in [0, 0.1) is 0 Å². The first-order chi connectivity index (χ1) is 15.0. The molecule has 2 aromatic rings. The summed E-state index contributed by atoms with van der Waals surface area (Å²) in [6.07, 6.45) is 1.71. The van der Waals surface area contributed by atoms with Crippen LogP contribution in [0.4, 0.5) is 5.69 Å². The van der Waals surface area contributed by atoms with Crippen molar-refractivity contribution in [2.24, 2.45) is 4.99 Å². The second-order valence-corrected chi connectivity index (χ2v) is 7.71. The molecule has 8 heteroatoms. The van der Waals surface area contributed by atoms with E-state index in [0.717, 1.165) is 0 Å². The first-order valence-corrected chi connectivity index (χ1v) is 10.8. The summed E-state index contributed by atoms with van der Waals surface area (Å²) in [6, 6.07) is 12.6. The summed E-state index contributed by atoms with van der Waals surface area (Å²) in [5.41, 5.74) is 1.37. The molecule has 0 aliphatic carbocycles. The molecule has 0 spiro atoms. The van der Waals surface area contributed by atoms with Crippen molar-refractivity contribution >= 4 is 46.1 Å². The highest BCUT2D eigenvalue weighted by Crippen LogP contribution is 2.42. The van der Waals surface area contributed by atoms with Crippen LogP contribution in [0.3, 0.4) is 0 Å². The van der Waals surface area contributed by atoms with Crippen LogP contribution in [0.2, 0.25) is 5.02 Å². The van der Waals surface area contributed by atoms with Gasteiger partial charge in [0.1, 0.15) is 16.4 Å². The third-order valence-electron chi connectivity index (χ3n) is 4.19. The van der Waals surface area contributed by atoms with Crippen molar-refractivity contribution < 1.29 is 24.1 Å². The predicted molar refractivity (Wildman–Crippen MR) is 125 cm³/mol. The Morgan fingerprint density at radius 2 is 1.94 bits per heavy atom. The first kappa shape index (κ1) is 22.8. The largest absolute Gasteiger partial charge is 0.506 e. The summed E-state index contributed by atoms with van der Waals surface area (Å²) in [4.78, 5) is 17.5. The van der Waals surface area contributed by atoms with E-state index in [0.29, 0.717) is 44.3 Å². The number of rotatable bonds is 7. The third-order valence-corrected chi connectivity index (χ3v) is 5.49. The number of esters is 1. The Kier molecular flexibility index (Phi) is 7.65. The van der Waals surface area contributed by atoms with Crippen molar-refractivity contribution in [1.82, 2.24) is 0 Å². The highest BCUT2D eigenvalue weighted by molar-refractivity contribution is 8.18. The van der Waals surface area contributed by atoms with E-state index in [9.17, 15) is 9.90 Å². The molecule has 0 amide bonds. The van der Waals surface area contributed by atoms with E-state index in [1.807, 2.05) is 37.3 Å². The summed E-state index contributed by atoms with van der Waals surface area (Å²) in [5.74, 6) is 0.0963. The van der Waals surface area contributed by atoms with Gasteiger partial charge in [-0.2, -0.15) is 0 Å². The number of aliphatic hydroxyl groups is 1. The molecule has 1 N–H and O–H groups in total. The van der Waals surface area contributed by atoms with E-state index in [1.165, 1.54) is 18.9 Å². The number of carbonyl (C=O) groups excluding carboxylic acids is 1. The van der Waals surface area contributed by atoms with Crippen LogP contribution in [0.1, 0.15) is 19.4 Å². The molecular formula is C23H22ClNO5S. The van der Waals surface area contributed by atoms with Gasteiger partial charge in [-0.25, -0.2) is 9.79 Å². The zero-order chi connectivity index (χ0) is 22.4. The van der Waals surface area contributed by atoms with Gasteiger partial charge < -0.3 is 19.3 Å². The molecule has 0 fully saturated rings. The van der Waals surface area contributed by atoms with E-state index >= 15 is 0 Å². The van der Waals surface area contributed by atoms with Gasteiger partial charge in [-0.1, -0.05) is 41.6 Å². The fraction of sp³-hybridized carbons (Fsp3) is 0.217. The van der Waals surface area contributed by atoms with Gasteiger partial charge in [-0.3, -0.25) is 0 Å². The number of methoxy groups -OCH3 is 1. The summed E-state index contributed by atoms with van der Waals surface area (Å²) in [5, 5.41) is 11.5. The minimum Gasteiger partial charge on any atom is -0.506 e. The van der Waals surface area contributed by atoms with Crippen LogP contribution in [0.15, 0.2) is 63.7 Å². The van der Waals surface area contributed by atoms with Crippen molar-refractivity contribution in [3.8, 4) is 11.5 Å². The zero-order valence-corrected chi connectivity index (χ0v) is 18.9. The number of para-hydroxylation sites is 1. The normalized spacial score (nSPS) is 16.1. The van der Waals surface area contributed by atoms with Gasteiger partial charge >= 0.3 is 5.97 Å². The van der Waals surface area contributed by atoms with Crippen molar-refractivity contribution in [2.45, 2.75) is 13.8 Å². The van der Waals surface area contributed by atoms with Crippen molar-refractivity contribution in [3.63, 3.8) is 0 Å². The molecule has 6 nitrogen and oxygen atoms in total. The van der Waals surface area contributed by atoms with Gasteiger partial charge in [0.05, 0.1) is 35.9 Å². The quantitative estimate of drug-likeness (QED) is 0.516. The minimum atomic E-state index is -0.631. The molecule has 162 valence electrons. The monoisotopic (exact) mass is 459 g/mol. The predicted octanol–water partition coefficient (Wildman–Crippen LogP) is 5.94. The van der Waals surface area contributed by atoms with Gasteiger partial charge in [0.25, 0.3) is 0 Å². The number of halogens is 1. The Bertz CT molecular complexity index is 1060. The number of thioether (sulfide) groups is 1. The summed E-state index contributed by atoms with van der Waals surface area (Å²) < 4.78 is 16.1. The van der Waals surface area contributed by atoms with Crippen LogP contribution in [0.5, 0.6) is 11.5 Å². The molecule has 1 aliphatic rings. The molecule has 3 rings (SSSR count). The van der Waals surface area contributed by atoms with Gasteiger partial charge in [-0.15, -0.1) is 0 Å². The second-order valence-electron chi connectivity index (χ2n) is 6.27. The fourth-order valence-electron chi connectivity index (χ4n) is 2.90. The maximum Gasteiger partial charge on any atom is 0.344 e. The maximum atomic E-state index is 12.5. The highest BCUT2D eigenvalue weighted by atomic mass is 35.5. The van der Waals surface area contributed by atoms with Crippen LogP contribution >= 0.6 is 23.4 Å². The number of aliphatic imine (C=N–C) groups is 1. The first-order valence-electron chi connectivity index (χ1n) is 9.63. The van der Waals surface area contributed by atoms with Crippen molar-refractivity contribution in [2.75, 3.05) is 20.3 Å². The average molecular weight is 460 g/mol. The summed E-state index contributed by atoms with van der Waals surface area (Å²) >= 11 is 7.51. The minimum absolute atomic E-state index is 0.0339. The van der Waals surface area contributed by atoms with Gasteiger partial charge in [0, 0.05) is 0 Å². The smallest absolute Gasteiger partial charge is 0.344 e. The fourth-order valence-corrected chi connectivity index (χ4v) is 4.23. The molecule has 0 aromatic heterocycles. The molecule has 0 radical (unpaired) electrons. The topological polar surface area (TPSA) is 77.4 Å². The van der Waals surface area contributed by atoms with E-state index in [1.54, 1.807) is 25.1 Å². The van der Waals surface area contributed by atoms with Crippen LogP contribution in [-0.2, 0) is 9.53 Å². The SMILES string of the molecule is CCOC(=O)C1=C(O)/C(=C/c2cc(Cl)c(OC)c(OCC)c2)SC1=Nc1ccccc1. The lowest BCUT2D eigenvalue weighted by Crippen LogP contribution is -2.12. The molecule has 0 saturated carbocycles. The number of hydrogen-bond acceptors (Lipinski definition) is 7. The van der Waals surface area contributed by atoms with Crippen LogP contribution < -0.4 is 9.47 Å². The lowest BCUT2D eigenvalue weighted by molar-refractivity contribution is -0.138. The molecule has 1 aliphatic heterocycles. The lowest BCUT2D eigenvalue weighted by atomic mass is 10.1. The Morgan fingerprint density at radius 1 is 1.19 bits per heavy atom. The molecule has 0 bridgehead atoms. The third kappa shape index (κ3) is 5.24. The number of ether oxygens (including phenoxy) is 3. The molecule has 31 heavy (non-hydrogen) atoms. The van der Waals surface area contributed by atoms with Gasteiger partial charge in [0.15, 0.2) is 11.5 Å². The summed E-state index contributed by atoms with van der Waals surface area (Å²) in [6.45, 7) is 4.19. The van der Waals surface area contributed by atoms with Gasteiger partial charge in [-0.05, 0) is 49.8 Å². The molecular weight excluding hydrogens is 438 g/mol. The van der Waals surface area contributed by atoms with Crippen LogP contribution in [0.25, 0.3) is 6.08 Å². The van der Waals surface area contributed by atoms with E-state index < -0.39 is 5.97 Å². The molecule has 1 heterocycles. The highest BCUT2D eigenvalue weighted by Gasteiger charge is 2.33. The van der Waals surface area contributed by atoms with E-state index in [2.05, 4.69) is 4.99 Å². The number of hydrogen-bond donors (Lipinski definition) is 1. The van der Waals surface area contributed by atoms with Crippen LogP contribution in [-0.4, -0.2) is 36.4 Å². The lowest BCUT2D eigenvalue weighted by Gasteiger charge is -2.12. The Morgan fingerprint density at radius 3 is 2.58 bits per heavy atom. The second kappa shape index (κ2) is 10.4. The molecule has 2 aromatic carbocycles. The zero-order valence-electron chi connectivity index (χ0n) is 17.3. The summed E-state index contributed by atoms with van der Waals surface area (Å²) in [7, 11) is 1.52. The van der Waals surface area contributed by atoms with Gasteiger partial charge in [0.2, 0.25) is 0 Å². The van der Waals surface area contributed by atoms with E-state index in [-0.39, 0.29) is 17.9 Å². The number of aliphatic hydroxyl groups excluding tert-OH is 1. The Hall–Kier alpha value is -2.90. The number of nitrogens with zero attached hydrogens (tertiary/aromatic N) is 1. The standard InChI is InChI=1S/C23H22ClNO5S/c1-4-29-17-12-14(11-16(24)21(17)28-3)13-18-20(26)19(23(27)30-5-2)22(31-18)25-15-9-7-6-8-10-15/h6-13,26H,4-5H2,1-3H3/b18-13-,25-22?. The van der Waals surface area contributed by atoms with Crippen molar-refractivity contribution in [3.05, 3.63) is 69.3 Å². The van der Waals surface area contributed by atoms with Crippen molar-refractivity contribution in [1.29, 1.82) is 0 Å². The molecule has 0 saturated heterocycles. The Balaban J connectivity index is 2.06. The molecule has 0 atom stereocenters.